The number of pyridine rings is 1. The highest BCUT2D eigenvalue weighted by atomic mass is 15.3. The Morgan fingerprint density at radius 1 is 1.44 bits per heavy atom. The molecule has 0 amide bonds. The van der Waals surface area contributed by atoms with Crippen LogP contribution < -0.4 is 5.32 Å². The molecule has 1 N–H and O–H groups in total. The highest BCUT2D eigenvalue weighted by molar-refractivity contribution is 5.23. The molecule has 0 aliphatic rings. The summed E-state index contributed by atoms with van der Waals surface area (Å²) in [6, 6.07) is 4.39. The molecule has 4 heteroatoms. The molecule has 4 nitrogen and oxygen atoms in total. The van der Waals surface area contributed by atoms with Gasteiger partial charge in [-0.25, -0.2) is 0 Å². The lowest BCUT2D eigenvalue weighted by molar-refractivity contribution is 0.546. The Kier molecular flexibility index (Phi) is 4.10. The minimum atomic E-state index is 0.299. The Labute approximate surface area is 108 Å². The van der Waals surface area contributed by atoms with Crippen molar-refractivity contribution in [3.8, 4) is 0 Å². The van der Waals surface area contributed by atoms with E-state index in [1.54, 1.807) is 6.20 Å². The Morgan fingerprint density at radius 2 is 2.28 bits per heavy atom. The number of nitrogens with zero attached hydrogens (tertiary/aromatic N) is 3. The van der Waals surface area contributed by atoms with Gasteiger partial charge in [0, 0.05) is 37.2 Å². The lowest BCUT2D eigenvalue weighted by Gasteiger charge is -2.17. The van der Waals surface area contributed by atoms with Crippen molar-refractivity contribution in [3.63, 3.8) is 0 Å². The topological polar surface area (TPSA) is 42.7 Å². The summed E-state index contributed by atoms with van der Waals surface area (Å²) >= 11 is 0. The predicted octanol–water partition coefficient (Wildman–Crippen LogP) is 2.02. The van der Waals surface area contributed by atoms with Crippen LogP contribution in [0, 0.1) is 6.92 Å². The van der Waals surface area contributed by atoms with Crippen LogP contribution in [-0.2, 0) is 13.5 Å². The SMILES string of the molecule is CCNC(Cc1cccnc1)c1cn(C)nc1C. The second kappa shape index (κ2) is 5.78. The molecular formula is C14H20N4. The number of hydrogen-bond donors (Lipinski definition) is 1. The summed E-state index contributed by atoms with van der Waals surface area (Å²) in [5, 5.41) is 7.94. The summed E-state index contributed by atoms with van der Waals surface area (Å²) in [4.78, 5) is 4.17. The van der Waals surface area contributed by atoms with Gasteiger partial charge in [0.05, 0.1) is 5.69 Å². The molecule has 0 saturated carbocycles. The van der Waals surface area contributed by atoms with Gasteiger partial charge in [0.15, 0.2) is 0 Å². The van der Waals surface area contributed by atoms with Crippen molar-refractivity contribution in [2.75, 3.05) is 6.54 Å². The summed E-state index contributed by atoms with van der Waals surface area (Å²) in [6.07, 6.45) is 6.77. The zero-order chi connectivity index (χ0) is 13.0. The quantitative estimate of drug-likeness (QED) is 0.875. The second-order valence-electron chi connectivity index (χ2n) is 4.52. The Morgan fingerprint density at radius 3 is 2.83 bits per heavy atom. The van der Waals surface area contributed by atoms with Gasteiger partial charge in [0.25, 0.3) is 0 Å². The molecule has 0 spiro atoms. The fraction of sp³-hybridized carbons (Fsp3) is 0.429. The molecule has 0 aromatic carbocycles. The van der Waals surface area contributed by atoms with Gasteiger partial charge in [-0.3, -0.25) is 9.67 Å². The third kappa shape index (κ3) is 2.96. The van der Waals surface area contributed by atoms with Crippen LogP contribution in [0.4, 0.5) is 0 Å². The number of aryl methyl sites for hydroxylation is 2. The molecule has 96 valence electrons. The fourth-order valence-corrected chi connectivity index (χ4v) is 2.25. The first-order valence-electron chi connectivity index (χ1n) is 6.33. The minimum Gasteiger partial charge on any atom is -0.310 e. The van der Waals surface area contributed by atoms with E-state index in [9.17, 15) is 0 Å². The third-order valence-corrected chi connectivity index (χ3v) is 3.04. The average Bonchev–Trinajstić information content (AvgIpc) is 2.69. The molecule has 0 bridgehead atoms. The third-order valence-electron chi connectivity index (χ3n) is 3.04. The maximum absolute atomic E-state index is 4.42. The van der Waals surface area contributed by atoms with E-state index in [1.807, 2.05) is 24.0 Å². The van der Waals surface area contributed by atoms with Gasteiger partial charge < -0.3 is 5.32 Å². The van der Waals surface area contributed by atoms with Crippen molar-refractivity contribution in [1.29, 1.82) is 0 Å². The first kappa shape index (κ1) is 12.8. The maximum atomic E-state index is 4.42. The van der Waals surface area contributed by atoms with Gasteiger partial charge in [-0.1, -0.05) is 13.0 Å². The van der Waals surface area contributed by atoms with Crippen molar-refractivity contribution in [3.05, 3.63) is 47.5 Å². The van der Waals surface area contributed by atoms with Crippen molar-refractivity contribution in [2.45, 2.75) is 26.3 Å². The molecule has 2 aromatic heterocycles. The van der Waals surface area contributed by atoms with Crippen LogP contribution >= 0.6 is 0 Å². The van der Waals surface area contributed by atoms with Gasteiger partial charge in [-0.05, 0) is 31.5 Å². The van der Waals surface area contributed by atoms with Gasteiger partial charge in [-0.15, -0.1) is 0 Å². The van der Waals surface area contributed by atoms with E-state index < -0.39 is 0 Å². The minimum absolute atomic E-state index is 0.299. The molecule has 1 atom stereocenters. The van der Waals surface area contributed by atoms with E-state index in [2.05, 4.69) is 41.5 Å². The Bertz CT molecular complexity index is 490. The average molecular weight is 244 g/mol. The molecule has 0 aliphatic carbocycles. The molecule has 0 radical (unpaired) electrons. The van der Waals surface area contributed by atoms with E-state index >= 15 is 0 Å². The summed E-state index contributed by atoms with van der Waals surface area (Å²) in [6.45, 7) is 5.13. The van der Waals surface area contributed by atoms with Gasteiger partial charge in [-0.2, -0.15) is 5.10 Å². The zero-order valence-corrected chi connectivity index (χ0v) is 11.2. The van der Waals surface area contributed by atoms with Crippen molar-refractivity contribution in [1.82, 2.24) is 20.1 Å². The number of hydrogen-bond acceptors (Lipinski definition) is 3. The maximum Gasteiger partial charge on any atom is 0.0641 e. The van der Waals surface area contributed by atoms with Crippen LogP contribution in [0.1, 0.15) is 29.8 Å². The fourth-order valence-electron chi connectivity index (χ4n) is 2.25. The molecule has 0 fully saturated rings. The normalized spacial score (nSPS) is 12.6. The van der Waals surface area contributed by atoms with Crippen LogP contribution in [0.2, 0.25) is 0 Å². The lowest BCUT2D eigenvalue weighted by atomic mass is 10.0. The van der Waals surface area contributed by atoms with E-state index in [1.165, 1.54) is 11.1 Å². The molecule has 2 rings (SSSR count). The van der Waals surface area contributed by atoms with Crippen LogP contribution in [-0.4, -0.2) is 21.3 Å². The first-order valence-corrected chi connectivity index (χ1v) is 6.33. The van der Waals surface area contributed by atoms with Crippen LogP contribution in [0.5, 0.6) is 0 Å². The van der Waals surface area contributed by atoms with Crippen LogP contribution in [0.3, 0.4) is 0 Å². The summed E-state index contributed by atoms with van der Waals surface area (Å²) in [5.74, 6) is 0. The Hall–Kier alpha value is -1.68. The second-order valence-corrected chi connectivity index (χ2v) is 4.52. The van der Waals surface area contributed by atoms with Crippen LogP contribution in [0.25, 0.3) is 0 Å². The summed E-state index contributed by atoms with van der Waals surface area (Å²) in [7, 11) is 1.96. The molecular weight excluding hydrogens is 224 g/mol. The van der Waals surface area contributed by atoms with E-state index in [-0.39, 0.29) is 0 Å². The van der Waals surface area contributed by atoms with E-state index in [0.29, 0.717) is 6.04 Å². The van der Waals surface area contributed by atoms with Crippen molar-refractivity contribution in [2.24, 2.45) is 7.05 Å². The van der Waals surface area contributed by atoms with Gasteiger partial charge in [0.2, 0.25) is 0 Å². The highest BCUT2D eigenvalue weighted by Gasteiger charge is 2.16. The standard InChI is InChI=1S/C14H20N4/c1-4-16-14(8-12-6-5-7-15-9-12)13-10-18(3)17-11(13)2/h5-7,9-10,14,16H,4,8H2,1-3H3. The number of nitrogens with one attached hydrogen (secondary N) is 1. The zero-order valence-electron chi connectivity index (χ0n) is 11.2. The molecule has 0 aliphatic heterocycles. The number of likely N-dealkylation sites (N-methyl/N-ethyl adjacent to an activating group) is 1. The monoisotopic (exact) mass is 244 g/mol. The predicted molar refractivity (Wildman–Crippen MR) is 72.3 cm³/mol. The largest absolute Gasteiger partial charge is 0.310 e. The van der Waals surface area contributed by atoms with Crippen molar-refractivity contribution >= 4 is 0 Å². The van der Waals surface area contributed by atoms with E-state index in [4.69, 9.17) is 0 Å². The molecule has 1 unspecified atom stereocenters. The molecule has 0 saturated heterocycles. The molecule has 18 heavy (non-hydrogen) atoms. The smallest absolute Gasteiger partial charge is 0.0641 e. The number of rotatable bonds is 5. The Balaban J connectivity index is 2.21. The van der Waals surface area contributed by atoms with Crippen molar-refractivity contribution < 1.29 is 0 Å². The van der Waals surface area contributed by atoms with Gasteiger partial charge in [0.1, 0.15) is 0 Å². The summed E-state index contributed by atoms with van der Waals surface area (Å²) in [5.41, 5.74) is 3.60. The molecule has 2 heterocycles. The number of aromatic nitrogens is 3. The van der Waals surface area contributed by atoms with E-state index in [0.717, 1.165) is 18.7 Å². The van der Waals surface area contributed by atoms with Crippen LogP contribution in [0.15, 0.2) is 30.7 Å². The highest BCUT2D eigenvalue weighted by Crippen LogP contribution is 2.20. The molecule has 2 aromatic rings. The van der Waals surface area contributed by atoms with Gasteiger partial charge >= 0.3 is 0 Å². The first-order chi connectivity index (χ1) is 8.70. The lowest BCUT2D eigenvalue weighted by Crippen LogP contribution is -2.23. The summed E-state index contributed by atoms with van der Waals surface area (Å²) < 4.78 is 1.87.